The van der Waals surface area contributed by atoms with Gasteiger partial charge in [0.05, 0.1) is 31.5 Å². The van der Waals surface area contributed by atoms with Crippen LogP contribution in [-0.4, -0.2) is 9.13 Å². The molecule has 0 aliphatic heterocycles. The Balaban J connectivity index is 1.17. The van der Waals surface area contributed by atoms with Crippen molar-refractivity contribution in [2.24, 2.45) is 0 Å². The molecule has 196 valence electrons. The van der Waals surface area contributed by atoms with E-state index >= 15 is 0 Å². The third-order valence-corrected chi connectivity index (χ3v) is 11.2. The van der Waals surface area contributed by atoms with Gasteiger partial charge in [0.2, 0.25) is 0 Å². The van der Waals surface area contributed by atoms with Crippen LogP contribution in [0.1, 0.15) is 0 Å². The highest BCUT2D eigenvalue weighted by Crippen LogP contribution is 2.46. The van der Waals surface area contributed by atoms with Crippen molar-refractivity contribution in [1.82, 2.24) is 9.13 Å². The van der Waals surface area contributed by atoms with Crippen molar-refractivity contribution in [3.63, 3.8) is 0 Å². The summed E-state index contributed by atoms with van der Waals surface area (Å²) in [7, 11) is 0. The zero-order chi connectivity index (χ0) is 27.4. The molecule has 0 fully saturated rings. The van der Waals surface area contributed by atoms with E-state index < -0.39 is 0 Å². The summed E-state index contributed by atoms with van der Waals surface area (Å²) in [5.74, 6) is 0. The number of hydrogen-bond donors (Lipinski definition) is 0. The summed E-state index contributed by atoms with van der Waals surface area (Å²) >= 11 is 3.84. The van der Waals surface area contributed by atoms with Crippen LogP contribution >= 0.6 is 22.7 Å². The van der Waals surface area contributed by atoms with E-state index in [0.29, 0.717) is 0 Å². The SMILES string of the molecule is c1ccc2c(c1)c1ccccc1n2-c1ccc2c(c1)sc1c3ccc(-n4c5ccccc5c5ccccc54)cc3sc21. The van der Waals surface area contributed by atoms with Gasteiger partial charge in [-0.3, -0.25) is 0 Å². The number of rotatable bonds is 2. The monoisotopic (exact) mass is 570 g/mol. The molecule has 0 N–H and O–H groups in total. The van der Waals surface area contributed by atoms with E-state index in [-0.39, 0.29) is 0 Å². The number of aromatic nitrogens is 2. The van der Waals surface area contributed by atoms with Crippen molar-refractivity contribution in [1.29, 1.82) is 0 Å². The van der Waals surface area contributed by atoms with Crippen molar-refractivity contribution in [2.75, 3.05) is 0 Å². The second-order valence-electron chi connectivity index (χ2n) is 11.0. The van der Waals surface area contributed by atoms with Gasteiger partial charge in [-0.2, -0.15) is 0 Å². The molecule has 0 unspecified atom stereocenters. The first-order chi connectivity index (χ1) is 20.8. The minimum absolute atomic E-state index is 1.21. The van der Waals surface area contributed by atoms with E-state index in [2.05, 4.69) is 143 Å². The first kappa shape index (κ1) is 22.8. The molecule has 0 aliphatic carbocycles. The third kappa shape index (κ3) is 2.98. The summed E-state index contributed by atoms with van der Waals surface area (Å²) < 4.78 is 10.3. The highest BCUT2D eigenvalue weighted by Gasteiger charge is 2.17. The van der Waals surface area contributed by atoms with Crippen LogP contribution in [0.4, 0.5) is 0 Å². The van der Waals surface area contributed by atoms with E-state index in [1.54, 1.807) is 0 Å². The van der Waals surface area contributed by atoms with Crippen molar-refractivity contribution in [3.8, 4) is 11.4 Å². The fourth-order valence-corrected chi connectivity index (χ4v) is 9.63. The molecule has 42 heavy (non-hydrogen) atoms. The molecule has 10 rings (SSSR count). The number of benzene rings is 6. The Morgan fingerprint density at radius 3 is 1.02 bits per heavy atom. The fraction of sp³-hybridized carbons (Fsp3) is 0. The van der Waals surface area contributed by atoms with Crippen molar-refractivity contribution >= 4 is 95.9 Å². The lowest BCUT2D eigenvalue weighted by Crippen LogP contribution is -1.93. The Kier molecular flexibility index (Phi) is 4.51. The van der Waals surface area contributed by atoms with Gasteiger partial charge in [-0.05, 0) is 48.5 Å². The standard InChI is InChI=1S/C38H22N2S2/c1-5-13-31-25(9-1)26-10-2-6-14-32(26)39(31)23-17-19-29-35(21-23)41-38-30-20-18-24(22-36(30)42-37(29)38)40-33-15-7-3-11-27(33)28-12-4-8-16-34(28)40/h1-22H. The molecule has 0 spiro atoms. The van der Waals surface area contributed by atoms with Crippen molar-refractivity contribution < 1.29 is 0 Å². The molecule has 10 aromatic rings. The summed E-state index contributed by atoms with van der Waals surface area (Å²) in [4.78, 5) is 0. The van der Waals surface area contributed by atoms with Crippen LogP contribution in [-0.2, 0) is 0 Å². The minimum Gasteiger partial charge on any atom is -0.309 e. The normalized spacial score (nSPS) is 12.3. The lowest BCUT2D eigenvalue weighted by molar-refractivity contribution is 1.19. The molecule has 4 heterocycles. The van der Waals surface area contributed by atoms with Crippen molar-refractivity contribution in [3.05, 3.63) is 133 Å². The maximum Gasteiger partial charge on any atom is 0.0542 e. The quantitative estimate of drug-likeness (QED) is 0.196. The first-order valence-electron chi connectivity index (χ1n) is 14.2. The Morgan fingerprint density at radius 2 is 0.667 bits per heavy atom. The van der Waals surface area contributed by atoms with Crippen LogP contribution in [0.5, 0.6) is 0 Å². The molecule has 0 aliphatic rings. The molecule has 4 heteroatoms. The maximum atomic E-state index is 2.41. The predicted molar refractivity (Wildman–Crippen MR) is 183 cm³/mol. The van der Waals surface area contributed by atoms with Gasteiger partial charge in [-0.25, -0.2) is 0 Å². The highest BCUT2D eigenvalue weighted by atomic mass is 32.1. The number of para-hydroxylation sites is 4. The predicted octanol–water partition coefficient (Wildman–Crippen LogP) is 11.5. The molecule has 0 atom stereocenters. The van der Waals surface area contributed by atoms with Gasteiger partial charge in [-0.1, -0.05) is 84.9 Å². The Hall–Kier alpha value is -4.90. The summed E-state index contributed by atoms with van der Waals surface area (Å²) in [5.41, 5.74) is 7.43. The second kappa shape index (κ2) is 8.32. The van der Waals surface area contributed by atoms with E-state index in [1.165, 1.54) is 84.6 Å². The molecule has 0 amide bonds. The summed E-state index contributed by atoms with van der Waals surface area (Å²) in [6.45, 7) is 0. The fourth-order valence-electron chi connectivity index (χ4n) is 6.91. The van der Waals surface area contributed by atoms with Crippen LogP contribution < -0.4 is 0 Å². The zero-order valence-corrected chi connectivity index (χ0v) is 24.0. The summed E-state index contributed by atoms with van der Waals surface area (Å²) in [6.07, 6.45) is 0. The van der Waals surface area contributed by atoms with Crippen LogP contribution in [0.25, 0.3) is 84.6 Å². The van der Waals surface area contributed by atoms with Gasteiger partial charge >= 0.3 is 0 Å². The lowest BCUT2D eigenvalue weighted by atomic mass is 10.2. The molecular weight excluding hydrogens is 549 g/mol. The average molecular weight is 571 g/mol. The Bertz CT molecular complexity index is 2400. The number of fused-ring (bicyclic) bond motifs is 11. The molecular formula is C38H22N2S2. The Labute approximate surface area is 248 Å². The van der Waals surface area contributed by atoms with Crippen LogP contribution in [0, 0.1) is 0 Å². The van der Waals surface area contributed by atoms with Gasteiger partial charge in [0.25, 0.3) is 0 Å². The number of thiophene rings is 2. The minimum atomic E-state index is 1.21. The smallest absolute Gasteiger partial charge is 0.0542 e. The van der Waals surface area contributed by atoms with Gasteiger partial charge in [-0.15, -0.1) is 22.7 Å². The molecule has 0 saturated carbocycles. The summed E-state index contributed by atoms with van der Waals surface area (Å²) in [6, 6.07) is 48.9. The number of nitrogens with zero attached hydrogens (tertiary/aromatic N) is 2. The second-order valence-corrected chi connectivity index (χ2v) is 13.1. The van der Waals surface area contributed by atoms with Crippen molar-refractivity contribution in [2.45, 2.75) is 0 Å². The van der Waals surface area contributed by atoms with Crippen LogP contribution in [0.3, 0.4) is 0 Å². The van der Waals surface area contributed by atoms with E-state index in [4.69, 9.17) is 0 Å². The van der Waals surface area contributed by atoms with Crippen LogP contribution in [0.2, 0.25) is 0 Å². The van der Waals surface area contributed by atoms with Gasteiger partial charge in [0.15, 0.2) is 0 Å². The number of hydrogen-bond acceptors (Lipinski definition) is 2. The third-order valence-electron chi connectivity index (χ3n) is 8.73. The molecule has 2 nitrogen and oxygen atoms in total. The van der Waals surface area contributed by atoms with E-state index in [0.717, 1.165) is 0 Å². The zero-order valence-electron chi connectivity index (χ0n) is 22.4. The van der Waals surface area contributed by atoms with E-state index in [1.807, 2.05) is 22.7 Å². The molecule has 4 aromatic heterocycles. The largest absolute Gasteiger partial charge is 0.309 e. The highest BCUT2D eigenvalue weighted by molar-refractivity contribution is 7.36. The van der Waals surface area contributed by atoms with E-state index in [9.17, 15) is 0 Å². The molecule has 0 bridgehead atoms. The van der Waals surface area contributed by atoms with Gasteiger partial charge in [0, 0.05) is 53.1 Å². The lowest BCUT2D eigenvalue weighted by Gasteiger charge is -2.08. The first-order valence-corrected chi connectivity index (χ1v) is 15.8. The van der Waals surface area contributed by atoms with Gasteiger partial charge in [0.1, 0.15) is 0 Å². The topological polar surface area (TPSA) is 9.86 Å². The van der Waals surface area contributed by atoms with Crippen LogP contribution in [0.15, 0.2) is 133 Å². The molecule has 0 radical (unpaired) electrons. The van der Waals surface area contributed by atoms with Gasteiger partial charge < -0.3 is 9.13 Å². The summed E-state index contributed by atoms with van der Waals surface area (Å²) in [5, 5.41) is 7.88. The Morgan fingerprint density at radius 1 is 0.333 bits per heavy atom. The maximum absolute atomic E-state index is 2.41. The average Bonchev–Trinajstić information content (AvgIpc) is 3.77. The molecule has 6 aromatic carbocycles. The molecule has 0 saturated heterocycles.